The van der Waals surface area contributed by atoms with Crippen molar-refractivity contribution in [3.05, 3.63) is 61.9 Å². The Bertz CT molecular complexity index is 613. The molecule has 5 nitrogen and oxygen atoms in total. The average molecular weight is 217 g/mol. The van der Waals surface area contributed by atoms with Crippen LogP contribution in [0.5, 0.6) is 0 Å². The Labute approximate surface area is 91.2 Å². The highest BCUT2D eigenvalue weighted by Crippen LogP contribution is 2.01. The summed E-state index contributed by atoms with van der Waals surface area (Å²) in [5, 5.41) is 6.28. The van der Waals surface area contributed by atoms with E-state index in [9.17, 15) is 9.59 Å². The maximum absolute atomic E-state index is 11.4. The fourth-order valence-electron chi connectivity index (χ4n) is 1.44. The van der Waals surface area contributed by atoms with Gasteiger partial charge in [0.1, 0.15) is 0 Å². The molecule has 0 aliphatic heterocycles. The smallest absolute Gasteiger partial charge is 0.267 e. The summed E-state index contributed by atoms with van der Waals surface area (Å²) in [7, 11) is 0. The van der Waals surface area contributed by atoms with Gasteiger partial charge in [-0.15, -0.1) is 0 Å². The molecule has 16 heavy (non-hydrogen) atoms. The third-order valence-corrected chi connectivity index (χ3v) is 2.31. The lowest BCUT2D eigenvalue weighted by Gasteiger charge is -2.00. The number of rotatable bonds is 2. The van der Waals surface area contributed by atoms with Crippen molar-refractivity contribution in [3.63, 3.8) is 0 Å². The molecule has 0 aromatic carbocycles. The second-order valence-electron chi connectivity index (χ2n) is 3.57. The van der Waals surface area contributed by atoms with Gasteiger partial charge in [0.2, 0.25) is 0 Å². The van der Waals surface area contributed by atoms with Gasteiger partial charge in [-0.2, -0.15) is 5.10 Å². The van der Waals surface area contributed by atoms with Crippen molar-refractivity contribution in [1.29, 1.82) is 0 Å². The van der Waals surface area contributed by atoms with Crippen molar-refractivity contribution in [2.45, 2.75) is 13.3 Å². The largest absolute Gasteiger partial charge is 0.329 e. The highest BCUT2D eigenvalue weighted by molar-refractivity contribution is 5.20. The Morgan fingerprint density at radius 3 is 2.81 bits per heavy atom. The molecule has 2 rings (SSSR count). The molecular formula is C11H11N3O2. The van der Waals surface area contributed by atoms with Crippen LogP contribution in [0.3, 0.4) is 0 Å². The van der Waals surface area contributed by atoms with Crippen LogP contribution in [0.2, 0.25) is 0 Å². The Balaban J connectivity index is 2.35. The minimum absolute atomic E-state index is 0.131. The Hall–Kier alpha value is -2.17. The number of hydrogen-bond acceptors (Lipinski definition) is 3. The fraction of sp³-hybridized carbons (Fsp3) is 0.182. The minimum atomic E-state index is -0.203. The molecule has 0 bridgehead atoms. The predicted octanol–water partition coefficient (Wildman–Crippen LogP) is 0.357. The number of aromatic amines is 2. The van der Waals surface area contributed by atoms with Crippen LogP contribution in [0.25, 0.3) is 0 Å². The lowest BCUT2D eigenvalue weighted by Crippen LogP contribution is -2.16. The average Bonchev–Trinajstić information content (AvgIpc) is 2.27. The van der Waals surface area contributed by atoms with E-state index in [0.29, 0.717) is 23.2 Å². The highest BCUT2D eigenvalue weighted by atomic mass is 16.1. The maximum Gasteiger partial charge on any atom is 0.267 e. The van der Waals surface area contributed by atoms with Crippen LogP contribution >= 0.6 is 0 Å². The van der Waals surface area contributed by atoms with E-state index in [4.69, 9.17) is 0 Å². The van der Waals surface area contributed by atoms with Gasteiger partial charge in [-0.3, -0.25) is 9.59 Å². The van der Waals surface area contributed by atoms with Crippen LogP contribution in [0.4, 0.5) is 0 Å². The Morgan fingerprint density at radius 2 is 2.12 bits per heavy atom. The molecule has 2 aromatic rings. The Kier molecular flexibility index (Phi) is 2.68. The molecule has 0 saturated heterocycles. The summed E-state index contributed by atoms with van der Waals surface area (Å²) in [6.45, 7) is 1.71. The van der Waals surface area contributed by atoms with Crippen LogP contribution < -0.4 is 11.1 Å². The van der Waals surface area contributed by atoms with Gasteiger partial charge in [0.25, 0.3) is 11.1 Å². The monoisotopic (exact) mass is 217 g/mol. The van der Waals surface area contributed by atoms with Crippen molar-refractivity contribution in [2.24, 2.45) is 0 Å². The first kappa shape index (κ1) is 10.4. The lowest BCUT2D eigenvalue weighted by atomic mass is 10.1. The molecule has 0 spiro atoms. The van der Waals surface area contributed by atoms with Crippen molar-refractivity contribution in [2.75, 3.05) is 0 Å². The molecule has 0 radical (unpaired) electrons. The SMILES string of the molecule is Cc1cc(Cc2ccc[nH]c2=O)n[nH]c1=O. The van der Waals surface area contributed by atoms with Gasteiger partial charge >= 0.3 is 0 Å². The quantitative estimate of drug-likeness (QED) is 0.762. The number of H-pyrrole nitrogens is 2. The number of aromatic nitrogens is 3. The summed E-state index contributed by atoms with van der Waals surface area (Å²) in [4.78, 5) is 25.1. The van der Waals surface area contributed by atoms with Crippen LogP contribution in [0.1, 0.15) is 16.8 Å². The second-order valence-corrected chi connectivity index (χ2v) is 3.57. The van der Waals surface area contributed by atoms with E-state index in [1.807, 2.05) is 0 Å². The van der Waals surface area contributed by atoms with Crippen molar-refractivity contribution < 1.29 is 0 Å². The summed E-state index contributed by atoms with van der Waals surface area (Å²) >= 11 is 0. The van der Waals surface area contributed by atoms with Gasteiger partial charge in [0.15, 0.2) is 0 Å². The van der Waals surface area contributed by atoms with Gasteiger partial charge < -0.3 is 4.98 Å². The van der Waals surface area contributed by atoms with E-state index in [2.05, 4.69) is 15.2 Å². The van der Waals surface area contributed by atoms with Crippen LogP contribution in [0, 0.1) is 6.92 Å². The zero-order valence-electron chi connectivity index (χ0n) is 8.78. The van der Waals surface area contributed by atoms with Crippen molar-refractivity contribution in [1.82, 2.24) is 15.2 Å². The molecule has 0 aliphatic rings. The molecule has 0 fully saturated rings. The molecule has 2 aromatic heterocycles. The third kappa shape index (κ3) is 2.08. The zero-order chi connectivity index (χ0) is 11.5. The second kappa shape index (κ2) is 4.14. The van der Waals surface area contributed by atoms with Gasteiger partial charge in [-0.1, -0.05) is 6.07 Å². The Morgan fingerprint density at radius 1 is 1.31 bits per heavy atom. The number of nitrogens with one attached hydrogen (secondary N) is 2. The molecule has 2 heterocycles. The van der Waals surface area contributed by atoms with Crippen molar-refractivity contribution in [3.8, 4) is 0 Å². The van der Waals surface area contributed by atoms with E-state index in [1.165, 1.54) is 0 Å². The lowest BCUT2D eigenvalue weighted by molar-refractivity contribution is 0.890. The third-order valence-electron chi connectivity index (χ3n) is 2.31. The first-order valence-corrected chi connectivity index (χ1v) is 4.88. The zero-order valence-corrected chi connectivity index (χ0v) is 8.78. The summed E-state index contributed by atoms with van der Waals surface area (Å²) in [5.74, 6) is 0. The van der Waals surface area contributed by atoms with Gasteiger partial charge in [0, 0.05) is 23.7 Å². The van der Waals surface area contributed by atoms with Crippen LogP contribution in [-0.2, 0) is 6.42 Å². The summed E-state index contributed by atoms with van der Waals surface area (Å²) in [6.07, 6.45) is 1.99. The molecule has 0 atom stereocenters. The van der Waals surface area contributed by atoms with E-state index in [1.54, 1.807) is 31.3 Å². The fourth-order valence-corrected chi connectivity index (χ4v) is 1.44. The number of aryl methyl sites for hydroxylation is 1. The van der Waals surface area contributed by atoms with E-state index < -0.39 is 0 Å². The highest BCUT2D eigenvalue weighted by Gasteiger charge is 2.03. The number of hydrogen-bond donors (Lipinski definition) is 2. The summed E-state index contributed by atoms with van der Waals surface area (Å²) < 4.78 is 0. The van der Waals surface area contributed by atoms with E-state index in [0.717, 1.165) is 0 Å². The minimum Gasteiger partial charge on any atom is -0.329 e. The maximum atomic E-state index is 11.4. The molecule has 0 aliphatic carbocycles. The molecular weight excluding hydrogens is 206 g/mol. The molecule has 0 unspecified atom stereocenters. The van der Waals surface area contributed by atoms with Gasteiger partial charge in [0.05, 0.1) is 5.69 Å². The molecule has 82 valence electrons. The molecule has 0 saturated carbocycles. The number of nitrogens with zero attached hydrogens (tertiary/aromatic N) is 1. The molecule has 2 N–H and O–H groups in total. The standard InChI is InChI=1S/C11H11N3O2/c1-7-5-9(13-14-10(7)15)6-8-3-2-4-12-11(8)16/h2-5H,6H2,1H3,(H,12,16)(H,14,15). The number of pyridine rings is 1. The predicted molar refractivity (Wildman–Crippen MR) is 59.5 cm³/mol. The van der Waals surface area contributed by atoms with Crippen molar-refractivity contribution >= 4 is 0 Å². The summed E-state index contributed by atoms with van der Waals surface area (Å²) in [6, 6.07) is 5.18. The normalized spacial score (nSPS) is 10.3. The van der Waals surface area contributed by atoms with E-state index in [-0.39, 0.29) is 11.1 Å². The van der Waals surface area contributed by atoms with Gasteiger partial charge in [-0.05, 0) is 19.1 Å². The first-order chi connectivity index (χ1) is 7.66. The van der Waals surface area contributed by atoms with Crippen LogP contribution in [-0.4, -0.2) is 15.2 Å². The first-order valence-electron chi connectivity index (χ1n) is 4.88. The topological polar surface area (TPSA) is 78.6 Å². The van der Waals surface area contributed by atoms with E-state index >= 15 is 0 Å². The molecule has 0 amide bonds. The molecule has 5 heteroatoms. The van der Waals surface area contributed by atoms with Crippen LogP contribution in [0.15, 0.2) is 34.0 Å². The van der Waals surface area contributed by atoms with Gasteiger partial charge in [-0.25, -0.2) is 5.10 Å². The summed E-state index contributed by atoms with van der Waals surface area (Å²) in [5.41, 5.74) is 1.56.